The molecule has 138 valence electrons. The van der Waals surface area contributed by atoms with E-state index in [4.69, 9.17) is 9.47 Å². The van der Waals surface area contributed by atoms with Gasteiger partial charge in [-0.05, 0) is 71.5 Å². The zero-order chi connectivity index (χ0) is 17.9. The second-order valence-corrected chi connectivity index (χ2v) is 7.87. The van der Waals surface area contributed by atoms with Crippen LogP contribution in [0.1, 0.15) is 47.0 Å². The molecule has 2 aliphatic rings. The van der Waals surface area contributed by atoms with Crippen molar-refractivity contribution < 1.29 is 19.1 Å². The largest absolute Gasteiger partial charge is 0.467 e. The van der Waals surface area contributed by atoms with Gasteiger partial charge >= 0.3 is 12.1 Å². The highest BCUT2D eigenvalue weighted by molar-refractivity contribution is 5.82. The molecule has 1 amide bonds. The molecule has 6 nitrogen and oxygen atoms in total. The average Bonchev–Trinajstić information content (AvgIpc) is 2.97. The SMILES string of the molecule is CCN1CCC([C@@H]2CCN(C(=O)OC(C)(C)C)C2C(=O)OC)CC1. The fraction of sp³-hybridized carbons (Fsp3) is 0.889. The number of amides is 1. The Morgan fingerprint density at radius 1 is 1.08 bits per heavy atom. The molecule has 2 fully saturated rings. The number of rotatable bonds is 3. The molecule has 0 aromatic carbocycles. The molecule has 0 saturated carbocycles. The average molecular weight is 340 g/mol. The van der Waals surface area contributed by atoms with Crippen molar-refractivity contribution in [2.75, 3.05) is 33.3 Å². The first-order valence-corrected chi connectivity index (χ1v) is 9.06. The third kappa shape index (κ3) is 4.41. The lowest BCUT2D eigenvalue weighted by Crippen LogP contribution is -2.48. The van der Waals surface area contributed by atoms with E-state index in [0.29, 0.717) is 12.5 Å². The lowest BCUT2D eigenvalue weighted by molar-refractivity contribution is -0.148. The van der Waals surface area contributed by atoms with Gasteiger partial charge in [0.25, 0.3) is 0 Å². The Balaban J connectivity index is 2.09. The third-order valence-electron chi connectivity index (χ3n) is 5.20. The zero-order valence-corrected chi connectivity index (χ0v) is 15.7. The molecule has 0 aromatic rings. The summed E-state index contributed by atoms with van der Waals surface area (Å²) in [4.78, 5) is 28.9. The van der Waals surface area contributed by atoms with Gasteiger partial charge in [0.15, 0.2) is 0 Å². The van der Waals surface area contributed by atoms with Gasteiger partial charge < -0.3 is 14.4 Å². The summed E-state index contributed by atoms with van der Waals surface area (Å²) in [5.74, 6) is 0.314. The zero-order valence-electron chi connectivity index (χ0n) is 15.7. The highest BCUT2D eigenvalue weighted by Gasteiger charge is 2.47. The molecule has 0 aliphatic carbocycles. The molecule has 1 unspecified atom stereocenters. The predicted molar refractivity (Wildman–Crippen MR) is 91.7 cm³/mol. The number of hydrogen-bond donors (Lipinski definition) is 0. The predicted octanol–water partition coefficient (Wildman–Crippen LogP) is 2.52. The van der Waals surface area contributed by atoms with Crippen molar-refractivity contribution in [1.82, 2.24) is 9.80 Å². The number of ether oxygens (including phenoxy) is 2. The Bertz CT molecular complexity index is 452. The van der Waals surface area contributed by atoms with Crippen molar-refractivity contribution in [1.29, 1.82) is 0 Å². The van der Waals surface area contributed by atoms with Crippen molar-refractivity contribution in [2.24, 2.45) is 11.8 Å². The number of carbonyl (C=O) groups is 2. The van der Waals surface area contributed by atoms with Crippen molar-refractivity contribution in [2.45, 2.75) is 58.6 Å². The van der Waals surface area contributed by atoms with Crippen LogP contribution in [0.2, 0.25) is 0 Å². The van der Waals surface area contributed by atoms with Gasteiger partial charge in [-0.15, -0.1) is 0 Å². The Labute approximate surface area is 145 Å². The maximum atomic E-state index is 12.5. The first kappa shape index (κ1) is 19.0. The fourth-order valence-electron chi connectivity index (χ4n) is 3.96. The van der Waals surface area contributed by atoms with Crippen LogP contribution in [0.5, 0.6) is 0 Å². The normalized spacial score (nSPS) is 26.5. The molecule has 24 heavy (non-hydrogen) atoms. The lowest BCUT2D eigenvalue weighted by Gasteiger charge is -2.36. The van der Waals surface area contributed by atoms with Crippen LogP contribution in [0.3, 0.4) is 0 Å². The summed E-state index contributed by atoms with van der Waals surface area (Å²) in [6.07, 6.45) is 2.59. The Morgan fingerprint density at radius 2 is 1.71 bits per heavy atom. The third-order valence-corrected chi connectivity index (χ3v) is 5.20. The van der Waals surface area contributed by atoms with Crippen molar-refractivity contribution in [3.05, 3.63) is 0 Å². The van der Waals surface area contributed by atoms with E-state index < -0.39 is 17.7 Å². The van der Waals surface area contributed by atoms with E-state index in [1.807, 2.05) is 20.8 Å². The molecule has 0 aromatic heterocycles. The molecular weight excluding hydrogens is 308 g/mol. The minimum Gasteiger partial charge on any atom is -0.467 e. The van der Waals surface area contributed by atoms with Crippen LogP contribution in [-0.2, 0) is 14.3 Å². The van der Waals surface area contributed by atoms with E-state index >= 15 is 0 Å². The first-order valence-electron chi connectivity index (χ1n) is 9.06. The van der Waals surface area contributed by atoms with Gasteiger partial charge in [0.2, 0.25) is 0 Å². The van der Waals surface area contributed by atoms with Crippen LogP contribution in [0, 0.1) is 11.8 Å². The Hall–Kier alpha value is -1.30. The van der Waals surface area contributed by atoms with Gasteiger partial charge in [-0.2, -0.15) is 0 Å². The Kier molecular flexibility index (Phi) is 6.12. The van der Waals surface area contributed by atoms with E-state index in [0.717, 1.165) is 38.9 Å². The second-order valence-electron chi connectivity index (χ2n) is 7.87. The van der Waals surface area contributed by atoms with Crippen molar-refractivity contribution in [3.8, 4) is 0 Å². The molecule has 0 N–H and O–H groups in total. The van der Waals surface area contributed by atoms with Crippen molar-refractivity contribution >= 4 is 12.1 Å². The van der Waals surface area contributed by atoms with Gasteiger partial charge in [0, 0.05) is 6.54 Å². The highest BCUT2D eigenvalue weighted by Crippen LogP contribution is 2.37. The number of carbonyl (C=O) groups excluding carboxylic acids is 2. The minimum absolute atomic E-state index is 0.170. The van der Waals surface area contributed by atoms with Gasteiger partial charge in [-0.3, -0.25) is 4.90 Å². The summed E-state index contributed by atoms with van der Waals surface area (Å²) in [6.45, 7) is 11.5. The standard InChI is InChI=1S/C18H32N2O4/c1-6-19-10-7-13(8-11-19)14-9-12-20(15(14)16(21)23-5)17(22)24-18(2,3)4/h13-15H,6-12H2,1-5H3/t14-,15?/m0/s1. The summed E-state index contributed by atoms with van der Waals surface area (Å²) in [6, 6.07) is -0.511. The summed E-state index contributed by atoms with van der Waals surface area (Å²) < 4.78 is 10.5. The smallest absolute Gasteiger partial charge is 0.411 e. The first-order chi connectivity index (χ1) is 11.3. The topological polar surface area (TPSA) is 59.1 Å². The minimum atomic E-state index is -0.567. The van der Waals surface area contributed by atoms with Gasteiger partial charge in [0.1, 0.15) is 11.6 Å². The van der Waals surface area contributed by atoms with E-state index in [1.165, 1.54) is 7.11 Å². The van der Waals surface area contributed by atoms with Gasteiger partial charge in [0.05, 0.1) is 7.11 Å². The maximum absolute atomic E-state index is 12.5. The van der Waals surface area contributed by atoms with Crippen LogP contribution in [0.15, 0.2) is 0 Å². The molecule has 2 saturated heterocycles. The molecule has 2 rings (SSSR count). The van der Waals surface area contributed by atoms with Crippen LogP contribution in [-0.4, -0.2) is 66.8 Å². The van der Waals surface area contributed by atoms with E-state index in [-0.39, 0.29) is 11.9 Å². The lowest BCUT2D eigenvalue weighted by atomic mass is 9.80. The van der Waals surface area contributed by atoms with Crippen LogP contribution < -0.4 is 0 Å². The molecule has 0 spiro atoms. The summed E-state index contributed by atoms with van der Waals surface area (Å²) in [5.41, 5.74) is -0.567. The molecule has 2 heterocycles. The van der Waals surface area contributed by atoms with Gasteiger partial charge in [-0.1, -0.05) is 6.92 Å². The number of likely N-dealkylation sites (tertiary alicyclic amines) is 2. The molecule has 2 aliphatic heterocycles. The highest BCUT2D eigenvalue weighted by atomic mass is 16.6. The molecular formula is C18H32N2O4. The quantitative estimate of drug-likeness (QED) is 0.739. The number of hydrogen-bond acceptors (Lipinski definition) is 5. The summed E-state index contributed by atoms with van der Waals surface area (Å²) >= 11 is 0. The van der Waals surface area contributed by atoms with Gasteiger partial charge in [-0.25, -0.2) is 9.59 Å². The number of nitrogens with zero attached hydrogens (tertiary/aromatic N) is 2. The monoisotopic (exact) mass is 340 g/mol. The van der Waals surface area contributed by atoms with Crippen LogP contribution >= 0.6 is 0 Å². The second kappa shape index (κ2) is 7.72. The fourth-order valence-corrected chi connectivity index (χ4v) is 3.96. The molecule has 2 atom stereocenters. The molecule has 0 radical (unpaired) electrons. The number of methoxy groups -OCH3 is 1. The number of esters is 1. The molecule has 6 heteroatoms. The summed E-state index contributed by atoms with van der Waals surface area (Å²) in [5, 5.41) is 0. The van der Waals surface area contributed by atoms with E-state index in [1.54, 1.807) is 4.90 Å². The maximum Gasteiger partial charge on any atom is 0.411 e. The van der Waals surface area contributed by atoms with E-state index in [9.17, 15) is 9.59 Å². The Morgan fingerprint density at radius 3 is 2.21 bits per heavy atom. The van der Waals surface area contributed by atoms with Crippen molar-refractivity contribution in [3.63, 3.8) is 0 Å². The van der Waals surface area contributed by atoms with Crippen LogP contribution in [0.4, 0.5) is 4.79 Å². The summed E-state index contributed by atoms with van der Waals surface area (Å²) in [7, 11) is 1.39. The molecule has 0 bridgehead atoms. The number of piperidine rings is 1. The van der Waals surface area contributed by atoms with Crippen LogP contribution in [0.25, 0.3) is 0 Å². The van der Waals surface area contributed by atoms with E-state index in [2.05, 4.69) is 11.8 Å².